The summed E-state index contributed by atoms with van der Waals surface area (Å²) in [5, 5.41) is 4.85. The lowest BCUT2D eigenvalue weighted by Crippen LogP contribution is -2.46. The van der Waals surface area contributed by atoms with Crippen LogP contribution in [0.15, 0.2) is 6.20 Å². The summed E-state index contributed by atoms with van der Waals surface area (Å²) in [5.41, 5.74) is 0. The van der Waals surface area contributed by atoms with E-state index in [4.69, 9.17) is 0 Å². The fourth-order valence-corrected chi connectivity index (χ4v) is 3.58. The normalized spacial score (nSPS) is 25.5. The van der Waals surface area contributed by atoms with Crippen molar-refractivity contribution in [3.63, 3.8) is 0 Å². The van der Waals surface area contributed by atoms with Crippen molar-refractivity contribution in [1.82, 2.24) is 15.2 Å². The number of rotatable bonds is 5. The van der Waals surface area contributed by atoms with Crippen molar-refractivity contribution < 1.29 is 0 Å². The molecule has 102 valence electrons. The zero-order valence-electron chi connectivity index (χ0n) is 11.8. The highest BCUT2D eigenvalue weighted by molar-refractivity contribution is 7.11. The van der Waals surface area contributed by atoms with Gasteiger partial charge in [-0.25, -0.2) is 4.98 Å². The SMILES string of the molecule is CCNC1CCN(Cc2ncc(CC)s2)C(C)C1. The molecular weight excluding hydrogens is 242 g/mol. The highest BCUT2D eigenvalue weighted by Crippen LogP contribution is 2.22. The van der Waals surface area contributed by atoms with E-state index in [1.165, 1.54) is 29.3 Å². The average Bonchev–Trinajstić information content (AvgIpc) is 2.81. The summed E-state index contributed by atoms with van der Waals surface area (Å²) in [6.07, 6.45) is 5.68. The fourth-order valence-electron chi connectivity index (χ4n) is 2.69. The molecule has 2 unspecified atom stereocenters. The molecule has 18 heavy (non-hydrogen) atoms. The van der Waals surface area contributed by atoms with Gasteiger partial charge < -0.3 is 5.32 Å². The maximum atomic E-state index is 4.53. The third kappa shape index (κ3) is 3.53. The Kier molecular flexibility index (Phi) is 5.15. The van der Waals surface area contributed by atoms with Crippen LogP contribution in [0.1, 0.15) is 43.5 Å². The molecular formula is C14H25N3S. The van der Waals surface area contributed by atoms with Crippen molar-refractivity contribution in [2.45, 2.75) is 58.7 Å². The van der Waals surface area contributed by atoms with Gasteiger partial charge in [0.1, 0.15) is 5.01 Å². The van der Waals surface area contributed by atoms with Gasteiger partial charge in [0.05, 0.1) is 6.54 Å². The summed E-state index contributed by atoms with van der Waals surface area (Å²) in [4.78, 5) is 8.51. The lowest BCUT2D eigenvalue weighted by Gasteiger charge is -2.37. The lowest BCUT2D eigenvalue weighted by atomic mass is 9.98. The van der Waals surface area contributed by atoms with E-state index in [9.17, 15) is 0 Å². The number of nitrogens with one attached hydrogen (secondary N) is 1. The standard InChI is InChI=1S/C14H25N3S/c1-4-13-9-16-14(18-13)10-17-7-6-12(15-5-2)8-11(17)3/h9,11-12,15H,4-8,10H2,1-3H3. The van der Waals surface area contributed by atoms with Gasteiger partial charge in [0, 0.05) is 29.7 Å². The van der Waals surface area contributed by atoms with Crippen molar-refractivity contribution >= 4 is 11.3 Å². The van der Waals surface area contributed by atoms with Gasteiger partial charge in [-0.05, 0) is 32.7 Å². The van der Waals surface area contributed by atoms with Crippen LogP contribution in [-0.4, -0.2) is 35.1 Å². The maximum absolute atomic E-state index is 4.53. The summed E-state index contributed by atoms with van der Waals surface area (Å²) < 4.78 is 0. The second-order valence-corrected chi connectivity index (χ2v) is 6.37. The molecule has 0 radical (unpaired) electrons. The smallest absolute Gasteiger partial charge is 0.107 e. The van der Waals surface area contributed by atoms with Gasteiger partial charge in [0.2, 0.25) is 0 Å². The number of thiazole rings is 1. The number of hydrogen-bond acceptors (Lipinski definition) is 4. The number of piperidine rings is 1. The molecule has 1 N–H and O–H groups in total. The van der Waals surface area contributed by atoms with Crippen LogP contribution in [0, 0.1) is 0 Å². The molecule has 1 saturated heterocycles. The molecule has 1 aliphatic rings. The molecule has 0 saturated carbocycles. The van der Waals surface area contributed by atoms with Crippen molar-refractivity contribution in [2.24, 2.45) is 0 Å². The first-order chi connectivity index (χ1) is 8.72. The first kappa shape index (κ1) is 14.0. The summed E-state index contributed by atoms with van der Waals surface area (Å²) in [5.74, 6) is 0. The Bertz CT molecular complexity index is 364. The van der Waals surface area contributed by atoms with E-state index in [-0.39, 0.29) is 0 Å². The zero-order valence-corrected chi connectivity index (χ0v) is 12.6. The average molecular weight is 267 g/mol. The molecule has 0 spiro atoms. The molecule has 4 heteroatoms. The Labute approximate surface area is 115 Å². The number of aryl methyl sites for hydroxylation is 1. The van der Waals surface area contributed by atoms with E-state index in [0.717, 1.165) is 19.5 Å². The first-order valence-corrected chi connectivity index (χ1v) is 7.95. The van der Waals surface area contributed by atoms with E-state index < -0.39 is 0 Å². The zero-order chi connectivity index (χ0) is 13.0. The first-order valence-electron chi connectivity index (χ1n) is 7.14. The molecule has 0 aromatic carbocycles. The van der Waals surface area contributed by atoms with Gasteiger partial charge in [-0.3, -0.25) is 4.90 Å². The summed E-state index contributed by atoms with van der Waals surface area (Å²) in [6, 6.07) is 1.38. The van der Waals surface area contributed by atoms with Gasteiger partial charge in [0.25, 0.3) is 0 Å². The van der Waals surface area contributed by atoms with Crippen LogP contribution in [0.3, 0.4) is 0 Å². The molecule has 1 aliphatic heterocycles. The third-order valence-electron chi connectivity index (χ3n) is 3.79. The minimum Gasteiger partial charge on any atom is -0.314 e. The molecule has 0 amide bonds. The van der Waals surface area contributed by atoms with Crippen LogP contribution in [0.4, 0.5) is 0 Å². The second kappa shape index (κ2) is 6.64. The molecule has 2 atom stereocenters. The number of hydrogen-bond donors (Lipinski definition) is 1. The highest BCUT2D eigenvalue weighted by Gasteiger charge is 2.25. The molecule has 0 bridgehead atoms. The fraction of sp³-hybridized carbons (Fsp3) is 0.786. The van der Waals surface area contributed by atoms with Crippen molar-refractivity contribution in [2.75, 3.05) is 13.1 Å². The van der Waals surface area contributed by atoms with Crippen LogP contribution >= 0.6 is 11.3 Å². The topological polar surface area (TPSA) is 28.2 Å². The monoisotopic (exact) mass is 267 g/mol. The Morgan fingerprint density at radius 1 is 1.50 bits per heavy atom. The van der Waals surface area contributed by atoms with Crippen molar-refractivity contribution in [3.05, 3.63) is 16.1 Å². The van der Waals surface area contributed by atoms with E-state index in [1.807, 2.05) is 17.5 Å². The maximum Gasteiger partial charge on any atom is 0.107 e. The summed E-state index contributed by atoms with van der Waals surface area (Å²) in [7, 11) is 0. The predicted molar refractivity (Wildman–Crippen MR) is 78.1 cm³/mol. The molecule has 2 rings (SSSR count). The number of likely N-dealkylation sites (tertiary alicyclic amines) is 1. The minimum absolute atomic E-state index is 0.664. The van der Waals surface area contributed by atoms with Crippen molar-refractivity contribution in [3.8, 4) is 0 Å². The van der Waals surface area contributed by atoms with Gasteiger partial charge in [-0.2, -0.15) is 0 Å². The molecule has 1 aromatic heterocycles. The molecule has 3 nitrogen and oxygen atoms in total. The van der Waals surface area contributed by atoms with Crippen LogP contribution in [0.2, 0.25) is 0 Å². The van der Waals surface area contributed by atoms with E-state index in [2.05, 4.69) is 36.0 Å². The van der Waals surface area contributed by atoms with Crippen LogP contribution in [-0.2, 0) is 13.0 Å². The predicted octanol–water partition coefficient (Wildman–Crippen LogP) is 2.67. The molecule has 2 heterocycles. The Morgan fingerprint density at radius 2 is 2.33 bits per heavy atom. The largest absolute Gasteiger partial charge is 0.314 e. The quantitative estimate of drug-likeness (QED) is 0.889. The van der Waals surface area contributed by atoms with E-state index in [1.54, 1.807) is 0 Å². The van der Waals surface area contributed by atoms with Crippen molar-refractivity contribution in [1.29, 1.82) is 0 Å². The van der Waals surface area contributed by atoms with Gasteiger partial charge in [-0.1, -0.05) is 13.8 Å². The summed E-state index contributed by atoms with van der Waals surface area (Å²) >= 11 is 1.87. The lowest BCUT2D eigenvalue weighted by molar-refractivity contribution is 0.129. The summed E-state index contributed by atoms with van der Waals surface area (Å²) in [6.45, 7) is 10.0. The molecule has 1 aromatic rings. The minimum atomic E-state index is 0.664. The van der Waals surface area contributed by atoms with Crippen LogP contribution < -0.4 is 5.32 Å². The highest BCUT2D eigenvalue weighted by atomic mass is 32.1. The molecule has 0 aliphatic carbocycles. The van der Waals surface area contributed by atoms with Gasteiger partial charge in [-0.15, -0.1) is 11.3 Å². The third-order valence-corrected chi connectivity index (χ3v) is 4.92. The van der Waals surface area contributed by atoms with Gasteiger partial charge in [0.15, 0.2) is 0 Å². The van der Waals surface area contributed by atoms with Crippen LogP contribution in [0.25, 0.3) is 0 Å². The van der Waals surface area contributed by atoms with Gasteiger partial charge >= 0.3 is 0 Å². The van der Waals surface area contributed by atoms with Crippen LogP contribution in [0.5, 0.6) is 0 Å². The Hall–Kier alpha value is -0.450. The van der Waals surface area contributed by atoms with E-state index in [0.29, 0.717) is 12.1 Å². The van der Waals surface area contributed by atoms with E-state index >= 15 is 0 Å². The number of aromatic nitrogens is 1. The molecule has 1 fully saturated rings. The second-order valence-electron chi connectivity index (χ2n) is 5.17. The Morgan fingerprint density at radius 3 is 2.94 bits per heavy atom. The Balaban J connectivity index is 1.87. The number of nitrogens with zero attached hydrogens (tertiary/aromatic N) is 2.